The van der Waals surface area contributed by atoms with Crippen LogP contribution in [-0.2, 0) is 17.8 Å². The molecule has 2 rings (SSSR count). The Hall–Kier alpha value is -2.56. The van der Waals surface area contributed by atoms with Crippen molar-refractivity contribution in [1.82, 2.24) is 5.32 Å². The summed E-state index contributed by atoms with van der Waals surface area (Å²) >= 11 is 0. The first-order valence-corrected chi connectivity index (χ1v) is 7.63. The number of amides is 1. The third-order valence-electron chi connectivity index (χ3n) is 3.62. The van der Waals surface area contributed by atoms with E-state index in [1.807, 2.05) is 12.1 Å². The van der Waals surface area contributed by atoms with Crippen molar-refractivity contribution in [2.75, 3.05) is 0 Å². The maximum absolute atomic E-state index is 11.8. The Balaban J connectivity index is 1.77. The van der Waals surface area contributed by atoms with Crippen LogP contribution in [0.15, 0.2) is 40.8 Å². The van der Waals surface area contributed by atoms with Gasteiger partial charge in [-0.15, -0.1) is 0 Å². The standard InChI is InChI=1S/C18H21NO4/c1-12(2)14-6-3-13(4-7-14)5-10-17(20)19-11-15-8-9-16(23-15)18(21)22/h3-4,6-9,12H,5,10-11H2,1-2H3,(H,19,20)(H,21,22). The molecular weight excluding hydrogens is 294 g/mol. The molecular formula is C18H21NO4. The van der Waals surface area contributed by atoms with Crippen molar-refractivity contribution in [3.63, 3.8) is 0 Å². The molecule has 1 heterocycles. The first kappa shape index (κ1) is 16.8. The summed E-state index contributed by atoms with van der Waals surface area (Å²) in [6.07, 6.45) is 1.05. The number of carbonyl (C=O) groups excluding carboxylic acids is 1. The van der Waals surface area contributed by atoms with Crippen molar-refractivity contribution < 1.29 is 19.1 Å². The Labute approximate surface area is 135 Å². The van der Waals surface area contributed by atoms with Crippen molar-refractivity contribution in [2.45, 2.75) is 39.2 Å². The summed E-state index contributed by atoms with van der Waals surface area (Å²) in [6, 6.07) is 11.2. The molecule has 0 radical (unpaired) electrons. The average Bonchev–Trinajstić information content (AvgIpc) is 3.00. The van der Waals surface area contributed by atoms with Gasteiger partial charge in [0.25, 0.3) is 0 Å². The highest BCUT2D eigenvalue weighted by molar-refractivity contribution is 5.84. The number of carboxylic acid groups (broad SMARTS) is 1. The van der Waals surface area contributed by atoms with Crippen LogP contribution in [0.5, 0.6) is 0 Å². The fourth-order valence-electron chi connectivity index (χ4n) is 2.19. The zero-order chi connectivity index (χ0) is 16.8. The molecule has 0 aliphatic rings. The molecule has 0 fully saturated rings. The normalized spacial score (nSPS) is 10.7. The number of rotatable bonds is 7. The Bertz CT molecular complexity index is 671. The largest absolute Gasteiger partial charge is 0.475 e. The van der Waals surface area contributed by atoms with Crippen molar-refractivity contribution in [3.05, 3.63) is 59.0 Å². The number of nitrogens with one attached hydrogen (secondary N) is 1. The maximum Gasteiger partial charge on any atom is 0.371 e. The summed E-state index contributed by atoms with van der Waals surface area (Å²) in [7, 11) is 0. The summed E-state index contributed by atoms with van der Waals surface area (Å²) < 4.78 is 5.08. The molecule has 0 aliphatic heterocycles. The van der Waals surface area contributed by atoms with Gasteiger partial charge in [0.1, 0.15) is 5.76 Å². The van der Waals surface area contributed by atoms with Gasteiger partial charge < -0.3 is 14.8 Å². The second kappa shape index (κ2) is 7.63. The van der Waals surface area contributed by atoms with Crippen LogP contribution in [0.1, 0.15) is 53.6 Å². The lowest BCUT2D eigenvalue weighted by Crippen LogP contribution is -2.22. The molecule has 2 N–H and O–H groups in total. The molecule has 0 aliphatic carbocycles. The van der Waals surface area contributed by atoms with Gasteiger partial charge >= 0.3 is 5.97 Å². The number of carboxylic acids is 1. The lowest BCUT2D eigenvalue weighted by molar-refractivity contribution is -0.121. The van der Waals surface area contributed by atoms with E-state index in [2.05, 4.69) is 31.3 Å². The molecule has 0 atom stereocenters. The van der Waals surface area contributed by atoms with Gasteiger partial charge in [0, 0.05) is 6.42 Å². The Morgan fingerprint density at radius 1 is 1.13 bits per heavy atom. The molecule has 5 heteroatoms. The fraction of sp³-hybridized carbons (Fsp3) is 0.333. The van der Waals surface area contributed by atoms with Gasteiger partial charge in [-0.2, -0.15) is 0 Å². The van der Waals surface area contributed by atoms with Crippen LogP contribution in [-0.4, -0.2) is 17.0 Å². The van der Waals surface area contributed by atoms with E-state index in [0.717, 1.165) is 5.56 Å². The van der Waals surface area contributed by atoms with Crippen LogP contribution in [0.2, 0.25) is 0 Å². The molecule has 1 aromatic heterocycles. The minimum Gasteiger partial charge on any atom is -0.475 e. The molecule has 122 valence electrons. The Morgan fingerprint density at radius 2 is 1.83 bits per heavy atom. The number of benzene rings is 1. The van der Waals surface area contributed by atoms with Gasteiger partial charge in [-0.3, -0.25) is 4.79 Å². The van der Waals surface area contributed by atoms with E-state index in [1.54, 1.807) is 6.07 Å². The lowest BCUT2D eigenvalue weighted by atomic mass is 10.0. The van der Waals surface area contributed by atoms with E-state index in [0.29, 0.717) is 24.5 Å². The Kier molecular flexibility index (Phi) is 5.57. The molecule has 2 aromatic rings. The minimum atomic E-state index is -1.12. The second-order valence-electron chi connectivity index (χ2n) is 5.74. The highest BCUT2D eigenvalue weighted by Crippen LogP contribution is 2.15. The number of furan rings is 1. The van der Waals surface area contributed by atoms with E-state index in [-0.39, 0.29) is 18.2 Å². The molecule has 0 unspecified atom stereocenters. The van der Waals surface area contributed by atoms with Crippen LogP contribution in [0.25, 0.3) is 0 Å². The van der Waals surface area contributed by atoms with Crippen molar-refractivity contribution in [2.24, 2.45) is 0 Å². The number of hydrogen-bond donors (Lipinski definition) is 2. The summed E-state index contributed by atoms with van der Waals surface area (Å²) in [5.74, 6) is -0.411. The topological polar surface area (TPSA) is 79.5 Å². The van der Waals surface area contributed by atoms with Crippen molar-refractivity contribution >= 4 is 11.9 Å². The van der Waals surface area contributed by atoms with Crippen molar-refractivity contribution in [3.8, 4) is 0 Å². The summed E-state index contributed by atoms with van der Waals surface area (Å²) in [5.41, 5.74) is 2.40. The zero-order valence-corrected chi connectivity index (χ0v) is 13.3. The number of carbonyl (C=O) groups is 2. The van der Waals surface area contributed by atoms with E-state index in [1.165, 1.54) is 11.6 Å². The highest BCUT2D eigenvalue weighted by atomic mass is 16.4. The monoisotopic (exact) mass is 315 g/mol. The molecule has 0 saturated carbocycles. The summed E-state index contributed by atoms with van der Waals surface area (Å²) in [5, 5.41) is 11.5. The molecule has 0 saturated heterocycles. The number of aryl methyl sites for hydroxylation is 1. The zero-order valence-electron chi connectivity index (χ0n) is 13.3. The predicted octanol–water partition coefficient (Wildman–Crippen LogP) is 3.35. The smallest absolute Gasteiger partial charge is 0.371 e. The fourth-order valence-corrected chi connectivity index (χ4v) is 2.19. The molecule has 5 nitrogen and oxygen atoms in total. The van der Waals surface area contributed by atoms with Gasteiger partial charge in [-0.1, -0.05) is 38.1 Å². The second-order valence-corrected chi connectivity index (χ2v) is 5.74. The number of aromatic carboxylic acids is 1. The first-order valence-electron chi connectivity index (χ1n) is 7.63. The lowest BCUT2D eigenvalue weighted by Gasteiger charge is -2.07. The molecule has 1 aromatic carbocycles. The third kappa shape index (κ3) is 4.98. The quantitative estimate of drug-likeness (QED) is 0.821. The van der Waals surface area contributed by atoms with E-state index in [4.69, 9.17) is 9.52 Å². The van der Waals surface area contributed by atoms with Crippen molar-refractivity contribution in [1.29, 1.82) is 0 Å². The third-order valence-corrected chi connectivity index (χ3v) is 3.62. The highest BCUT2D eigenvalue weighted by Gasteiger charge is 2.10. The van der Waals surface area contributed by atoms with Gasteiger partial charge in [-0.25, -0.2) is 4.79 Å². The first-order chi connectivity index (χ1) is 11.0. The molecule has 0 spiro atoms. The SMILES string of the molecule is CC(C)c1ccc(CCC(=O)NCc2ccc(C(=O)O)o2)cc1. The Morgan fingerprint density at radius 3 is 2.39 bits per heavy atom. The predicted molar refractivity (Wildman–Crippen MR) is 86.4 cm³/mol. The van der Waals surface area contributed by atoms with Gasteiger partial charge in [-0.05, 0) is 35.6 Å². The van der Waals surface area contributed by atoms with E-state index < -0.39 is 5.97 Å². The van der Waals surface area contributed by atoms with Crippen LogP contribution in [0.4, 0.5) is 0 Å². The molecule has 0 bridgehead atoms. The van der Waals surface area contributed by atoms with Crippen LogP contribution >= 0.6 is 0 Å². The van der Waals surface area contributed by atoms with Gasteiger partial charge in [0.05, 0.1) is 6.54 Å². The summed E-state index contributed by atoms with van der Waals surface area (Å²) in [6.45, 7) is 4.48. The maximum atomic E-state index is 11.8. The van der Waals surface area contributed by atoms with Crippen LogP contribution in [0.3, 0.4) is 0 Å². The van der Waals surface area contributed by atoms with Gasteiger partial charge in [0.2, 0.25) is 11.7 Å². The number of hydrogen-bond acceptors (Lipinski definition) is 3. The molecule has 23 heavy (non-hydrogen) atoms. The average molecular weight is 315 g/mol. The van der Waals surface area contributed by atoms with Crippen LogP contribution in [0, 0.1) is 0 Å². The minimum absolute atomic E-state index is 0.0915. The van der Waals surface area contributed by atoms with E-state index >= 15 is 0 Å². The summed E-state index contributed by atoms with van der Waals surface area (Å²) in [4.78, 5) is 22.5. The molecule has 1 amide bonds. The van der Waals surface area contributed by atoms with E-state index in [9.17, 15) is 9.59 Å². The van der Waals surface area contributed by atoms with Crippen LogP contribution < -0.4 is 5.32 Å². The van der Waals surface area contributed by atoms with Gasteiger partial charge in [0.15, 0.2) is 0 Å².